The summed E-state index contributed by atoms with van der Waals surface area (Å²) in [5.74, 6) is 1.04. The zero-order valence-corrected chi connectivity index (χ0v) is 8.18. The van der Waals surface area contributed by atoms with Gasteiger partial charge in [-0.25, -0.2) is 0 Å². The van der Waals surface area contributed by atoms with E-state index in [4.69, 9.17) is 5.11 Å². The molecule has 6 nitrogen and oxygen atoms in total. The molecule has 1 aliphatic heterocycles. The maximum absolute atomic E-state index is 10.9. The van der Waals surface area contributed by atoms with E-state index in [1.54, 1.807) is 0 Å². The van der Waals surface area contributed by atoms with Gasteiger partial charge in [0.25, 0.3) is 0 Å². The summed E-state index contributed by atoms with van der Waals surface area (Å²) >= 11 is 0. The van der Waals surface area contributed by atoms with Crippen molar-refractivity contribution < 1.29 is 9.90 Å². The number of nitrogens with one attached hydrogen (secondary N) is 1. The van der Waals surface area contributed by atoms with Gasteiger partial charge in [-0.2, -0.15) is 0 Å². The molecule has 1 aliphatic carbocycles. The van der Waals surface area contributed by atoms with Gasteiger partial charge in [0.05, 0.1) is 5.92 Å². The molecule has 1 unspecified atom stereocenters. The van der Waals surface area contributed by atoms with Crippen LogP contribution in [0.2, 0.25) is 0 Å². The quantitative estimate of drug-likeness (QED) is 0.729. The van der Waals surface area contributed by atoms with Gasteiger partial charge in [0.15, 0.2) is 0 Å². The smallest absolute Gasteiger partial charge is 0.310 e. The summed E-state index contributed by atoms with van der Waals surface area (Å²) in [6, 6.07) is 0. The summed E-state index contributed by atoms with van der Waals surface area (Å²) < 4.78 is 1.92. The largest absolute Gasteiger partial charge is 0.481 e. The summed E-state index contributed by atoms with van der Waals surface area (Å²) in [4.78, 5) is 10.9. The second-order valence-corrected chi connectivity index (χ2v) is 4.18. The SMILES string of the molecule is O=C(O)C1CNc2nnc(C3CC3)n2C1. The molecule has 15 heavy (non-hydrogen) atoms. The first-order valence-electron chi connectivity index (χ1n) is 5.15. The summed E-state index contributed by atoms with van der Waals surface area (Å²) in [7, 11) is 0. The van der Waals surface area contributed by atoms with Gasteiger partial charge in [0.2, 0.25) is 5.95 Å². The number of rotatable bonds is 2. The number of carboxylic acids is 1. The molecule has 1 aromatic heterocycles. The predicted octanol–water partition coefficient (Wildman–Crippen LogP) is 0.282. The van der Waals surface area contributed by atoms with E-state index in [-0.39, 0.29) is 5.92 Å². The summed E-state index contributed by atoms with van der Waals surface area (Å²) in [5.41, 5.74) is 0. The molecule has 3 rings (SSSR count). The standard InChI is InChI=1S/C9H12N4O2/c14-8(15)6-3-10-9-12-11-7(5-1-2-5)13(9)4-6/h5-6H,1-4H2,(H,10,12)(H,14,15). The van der Waals surface area contributed by atoms with E-state index in [1.165, 1.54) is 0 Å². The maximum Gasteiger partial charge on any atom is 0.310 e. The van der Waals surface area contributed by atoms with E-state index in [0.29, 0.717) is 19.0 Å². The van der Waals surface area contributed by atoms with Crippen LogP contribution in [0, 0.1) is 5.92 Å². The minimum absolute atomic E-state index is 0.369. The van der Waals surface area contributed by atoms with Gasteiger partial charge in [-0.3, -0.25) is 9.36 Å². The van der Waals surface area contributed by atoms with E-state index < -0.39 is 5.97 Å². The van der Waals surface area contributed by atoms with E-state index in [0.717, 1.165) is 24.6 Å². The fraction of sp³-hybridized carbons (Fsp3) is 0.667. The zero-order valence-electron chi connectivity index (χ0n) is 8.18. The van der Waals surface area contributed by atoms with E-state index in [2.05, 4.69) is 15.5 Å². The second-order valence-electron chi connectivity index (χ2n) is 4.18. The molecule has 0 aromatic carbocycles. The number of hydrogen-bond acceptors (Lipinski definition) is 4. The van der Waals surface area contributed by atoms with E-state index in [9.17, 15) is 4.79 Å². The molecule has 0 amide bonds. The Hall–Kier alpha value is -1.59. The Kier molecular flexibility index (Phi) is 1.71. The van der Waals surface area contributed by atoms with Gasteiger partial charge >= 0.3 is 5.97 Å². The van der Waals surface area contributed by atoms with Gasteiger partial charge in [-0.1, -0.05) is 0 Å². The Balaban J connectivity index is 1.91. The molecular weight excluding hydrogens is 196 g/mol. The van der Waals surface area contributed by atoms with Crippen molar-refractivity contribution in [2.45, 2.75) is 25.3 Å². The molecule has 0 bridgehead atoms. The third kappa shape index (κ3) is 1.36. The lowest BCUT2D eigenvalue weighted by molar-refractivity contribution is -0.141. The van der Waals surface area contributed by atoms with Crippen molar-refractivity contribution in [3.63, 3.8) is 0 Å². The molecule has 6 heteroatoms. The fourth-order valence-electron chi connectivity index (χ4n) is 1.93. The molecule has 80 valence electrons. The number of carboxylic acid groups (broad SMARTS) is 1. The van der Waals surface area contributed by atoms with Crippen molar-refractivity contribution in [2.24, 2.45) is 5.92 Å². The van der Waals surface area contributed by atoms with Crippen LogP contribution in [0.1, 0.15) is 24.6 Å². The highest BCUT2D eigenvalue weighted by Crippen LogP contribution is 2.40. The van der Waals surface area contributed by atoms with Crippen molar-refractivity contribution in [3.05, 3.63) is 5.82 Å². The van der Waals surface area contributed by atoms with Crippen LogP contribution in [0.4, 0.5) is 5.95 Å². The first-order chi connectivity index (χ1) is 7.25. The topological polar surface area (TPSA) is 80.0 Å². The molecule has 0 spiro atoms. The van der Waals surface area contributed by atoms with Crippen LogP contribution >= 0.6 is 0 Å². The van der Waals surface area contributed by atoms with Crippen molar-refractivity contribution in [2.75, 3.05) is 11.9 Å². The summed E-state index contributed by atoms with van der Waals surface area (Å²) in [6.07, 6.45) is 2.30. The number of anilines is 1. The summed E-state index contributed by atoms with van der Waals surface area (Å²) in [6.45, 7) is 0.939. The Morgan fingerprint density at radius 1 is 1.47 bits per heavy atom. The fourth-order valence-corrected chi connectivity index (χ4v) is 1.93. The van der Waals surface area contributed by atoms with Crippen LogP contribution in [0.25, 0.3) is 0 Å². The molecule has 1 atom stereocenters. The van der Waals surface area contributed by atoms with Gasteiger partial charge in [0, 0.05) is 19.0 Å². The third-order valence-corrected chi connectivity index (χ3v) is 2.98. The molecule has 2 N–H and O–H groups in total. The number of nitrogens with zero attached hydrogens (tertiary/aromatic N) is 3. The van der Waals surface area contributed by atoms with Gasteiger partial charge < -0.3 is 10.4 Å². The normalized spacial score (nSPS) is 24.4. The van der Waals surface area contributed by atoms with Crippen LogP contribution in [0.5, 0.6) is 0 Å². The zero-order chi connectivity index (χ0) is 10.4. The van der Waals surface area contributed by atoms with Gasteiger partial charge in [-0.05, 0) is 12.8 Å². The average molecular weight is 208 g/mol. The maximum atomic E-state index is 10.9. The van der Waals surface area contributed by atoms with Crippen molar-refractivity contribution in [1.29, 1.82) is 0 Å². The lowest BCUT2D eigenvalue weighted by Gasteiger charge is -2.22. The van der Waals surface area contributed by atoms with E-state index >= 15 is 0 Å². The number of hydrogen-bond donors (Lipinski definition) is 2. The third-order valence-electron chi connectivity index (χ3n) is 2.98. The van der Waals surface area contributed by atoms with Crippen molar-refractivity contribution in [1.82, 2.24) is 14.8 Å². The second kappa shape index (κ2) is 2.95. The predicted molar refractivity (Wildman–Crippen MR) is 51.6 cm³/mol. The molecule has 0 radical (unpaired) electrons. The number of aromatic nitrogens is 3. The van der Waals surface area contributed by atoms with Gasteiger partial charge in [0.1, 0.15) is 5.82 Å². The van der Waals surface area contributed by atoms with Crippen LogP contribution in [-0.4, -0.2) is 32.4 Å². The Labute approximate surface area is 86.3 Å². The van der Waals surface area contributed by atoms with Crippen LogP contribution < -0.4 is 5.32 Å². The van der Waals surface area contributed by atoms with Crippen LogP contribution in [0.15, 0.2) is 0 Å². The highest BCUT2D eigenvalue weighted by Gasteiger charge is 2.34. The molecule has 1 saturated carbocycles. The highest BCUT2D eigenvalue weighted by molar-refractivity contribution is 5.71. The Bertz CT molecular complexity index is 410. The average Bonchev–Trinajstić information content (AvgIpc) is 2.98. The highest BCUT2D eigenvalue weighted by atomic mass is 16.4. The number of aliphatic carboxylic acids is 1. The molecule has 1 fully saturated rings. The molecule has 2 aliphatic rings. The van der Waals surface area contributed by atoms with Crippen LogP contribution in [-0.2, 0) is 11.3 Å². The minimum atomic E-state index is -0.761. The lowest BCUT2D eigenvalue weighted by atomic mass is 10.1. The first kappa shape index (κ1) is 8.70. The van der Waals surface area contributed by atoms with Crippen LogP contribution in [0.3, 0.4) is 0 Å². The molecule has 1 aromatic rings. The monoisotopic (exact) mass is 208 g/mol. The lowest BCUT2D eigenvalue weighted by Crippen LogP contribution is -2.33. The number of fused-ring (bicyclic) bond motifs is 1. The Morgan fingerprint density at radius 3 is 2.93 bits per heavy atom. The minimum Gasteiger partial charge on any atom is -0.481 e. The van der Waals surface area contributed by atoms with Gasteiger partial charge in [-0.15, -0.1) is 10.2 Å². The molecular formula is C9H12N4O2. The number of carbonyl (C=O) groups is 1. The van der Waals surface area contributed by atoms with E-state index in [1.807, 2.05) is 4.57 Å². The van der Waals surface area contributed by atoms with Crippen molar-refractivity contribution in [3.8, 4) is 0 Å². The molecule has 0 saturated heterocycles. The Morgan fingerprint density at radius 2 is 2.27 bits per heavy atom. The van der Waals surface area contributed by atoms with Crippen molar-refractivity contribution >= 4 is 11.9 Å². The summed E-state index contributed by atoms with van der Waals surface area (Å²) in [5, 5.41) is 20.1. The molecule has 2 heterocycles. The first-order valence-corrected chi connectivity index (χ1v) is 5.15.